The molecule has 1 aliphatic heterocycles. The lowest BCUT2D eigenvalue weighted by atomic mass is 9.48. The minimum atomic E-state index is -0.298. The summed E-state index contributed by atoms with van der Waals surface area (Å²) in [6, 6.07) is 7.41. The van der Waals surface area contributed by atoms with Crippen LogP contribution in [-0.4, -0.2) is 35.3 Å². The number of hydrogen-bond donors (Lipinski definition) is 0. The molecule has 27 heavy (non-hydrogen) atoms. The van der Waals surface area contributed by atoms with Gasteiger partial charge < -0.3 is 9.47 Å². The van der Waals surface area contributed by atoms with Crippen molar-refractivity contribution in [2.24, 2.45) is 23.2 Å². The fourth-order valence-corrected chi connectivity index (χ4v) is 10.1. The van der Waals surface area contributed by atoms with Gasteiger partial charge in [-0.3, -0.25) is 0 Å². The van der Waals surface area contributed by atoms with Crippen LogP contribution in [0.15, 0.2) is 24.3 Å². The molecule has 0 N–H and O–H groups in total. The monoisotopic (exact) mass is 404 g/mol. The molecule has 5 aliphatic rings. The van der Waals surface area contributed by atoms with E-state index in [2.05, 4.69) is 23.5 Å². The van der Waals surface area contributed by atoms with E-state index < -0.39 is 0 Å². The lowest BCUT2D eigenvalue weighted by Gasteiger charge is -2.62. The van der Waals surface area contributed by atoms with Gasteiger partial charge in [-0.15, -0.1) is 23.5 Å². The quantitative estimate of drug-likeness (QED) is 0.627. The first kappa shape index (κ1) is 18.2. The summed E-state index contributed by atoms with van der Waals surface area (Å²) in [5.41, 5.74) is 1.05. The summed E-state index contributed by atoms with van der Waals surface area (Å²) in [5, 5.41) is 0. The fraction of sp³-hybridized carbons (Fsp3) is 0.682. The van der Waals surface area contributed by atoms with E-state index in [0.717, 1.165) is 30.1 Å². The summed E-state index contributed by atoms with van der Waals surface area (Å²) in [5.74, 6) is 5.96. The zero-order valence-corrected chi connectivity index (χ0v) is 17.6. The lowest BCUT2D eigenvalue weighted by Crippen LogP contribution is -2.56. The number of benzene rings is 1. The zero-order valence-electron chi connectivity index (χ0n) is 15.9. The van der Waals surface area contributed by atoms with Crippen LogP contribution in [0.3, 0.4) is 0 Å². The van der Waals surface area contributed by atoms with Gasteiger partial charge in [0.05, 0.1) is 12.7 Å². The van der Waals surface area contributed by atoms with Gasteiger partial charge in [-0.25, -0.2) is 4.79 Å². The Balaban J connectivity index is 1.35. The van der Waals surface area contributed by atoms with Crippen LogP contribution in [0.1, 0.15) is 48.9 Å². The molecule has 0 atom stereocenters. The highest BCUT2D eigenvalue weighted by Gasteiger charge is 2.62. The zero-order chi connectivity index (χ0) is 18.5. The van der Waals surface area contributed by atoms with E-state index in [9.17, 15) is 4.79 Å². The molecule has 4 saturated carbocycles. The average molecular weight is 405 g/mol. The second kappa shape index (κ2) is 6.91. The maximum absolute atomic E-state index is 11.6. The molecule has 5 heteroatoms. The van der Waals surface area contributed by atoms with Crippen LogP contribution in [0, 0.1) is 23.2 Å². The second-order valence-electron chi connectivity index (χ2n) is 8.95. The van der Waals surface area contributed by atoms with Crippen molar-refractivity contribution >= 4 is 29.5 Å². The maximum Gasteiger partial charge on any atom is 0.337 e. The summed E-state index contributed by atoms with van der Waals surface area (Å²) in [6.07, 6.45) is 8.72. The van der Waals surface area contributed by atoms with Gasteiger partial charge in [0.1, 0.15) is 16.4 Å². The molecular formula is C22H28O3S2. The number of ether oxygens (including phenoxy) is 2. The van der Waals surface area contributed by atoms with Gasteiger partial charge in [-0.1, -0.05) is 0 Å². The van der Waals surface area contributed by atoms with E-state index in [0.29, 0.717) is 11.0 Å². The molecule has 4 bridgehead atoms. The molecule has 0 amide bonds. The Labute approximate surface area is 170 Å². The Bertz CT molecular complexity index is 673. The van der Waals surface area contributed by atoms with Crippen molar-refractivity contribution in [1.82, 2.24) is 0 Å². The first-order valence-electron chi connectivity index (χ1n) is 10.2. The molecular weight excluding hydrogens is 376 g/mol. The molecule has 0 spiro atoms. The molecule has 0 unspecified atom stereocenters. The minimum absolute atomic E-state index is 0.212. The molecule has 3 nitrogen and oxygen atoms in total. The molecule has 146 valence electrons. The molecule has 0 aromatic heterocycles. The minimum Gasteiger partial charge on any atom is -0.491 e. The normalized spacial score (nSPS) is 36.0. The lowest BCUT2D eigenvalue weighted by molar-refractivity contribution is -0.0643. The Morgan fingerprint density at radius 1 is 1.00 bits per heavy atom. The molecule has 4 aliphatic carbocycles. The second-order valence-corrected chi connectivity index (χ2v) is 12.0. The van der Waals surface area contributed by atoms with Gasteiger partial charge in [-0.05, 0) is 86.0 Å². The highest BCUT2D eigenvalue weighted by Crippen LogP contribution is 2.70. The Morgan fingerprint density at radius 2 is 1.56 bits per heavy atom. The van der Waals surface area contributed by atoms with E-state index in [1.54, 1.807) is 12.1 Å². The van der Waals surface area contributed by atoms with Crippen molar-refractivity contribution in [3.63, 3.8) is 0 Å². The highest BCUT2D eigenvalue weighted by atomic mass is 32.2. The number of methoxy groups -OCH3 is 1. The first-order valence-corrected chi connectivity index (χ1v) is 12.2. The van der Waals surface area contributed by atoms with Crippen LogP contribution in [-0.2, 0) is 4.74 Å². The molecule has 6 rings (SSSR count). The third kappa shape index (κ3) is 3.09. The summed E-state index contributed by atoms with van der Waals surface area (Å²) >= 11 is 4.35. The number of rotatable bonds is 5. The molecule has 1 saturated heterocycles. The number of hydrogen-bond acceptors (Lipinski definition) is 5. The van der Waals surface area contributed by atoms with Gasteiger partial charge in [0.2, 0.25) is 0 Å². The predicted octanol–water partition coefficient (Wildman–Crippen LogP) is 5.24. The van der Waals surface area contributed by atoms with E-state index in [1.807, 2.05) is 12.1 Å². The van der Waals surface area contributed by atoms with Crippen LogP contribution in [0.4, 0.5) is 0 Å². The molecule has 1 heterocycles. The summed E-state index contributed by atoms with van der Waals surface area (Å²) in [4.78, 5) is 11.6. The SMILES string of the molecule is COC(=O)c1ccc(OCC2(C34CC5CC(CC(C5)C3)C4)SCCS2)cc1. The van der Waals surface area contributed by atoms with Crippen LogP contribution in [0.2, 0.25) is 0 Å². The summed E-state index contributed by atoms with van der Waals surface area (Å²) in [6.45, 7) is 0.784. The van der Waals surface area contributed by atoms with Gasteiger partial charge in [-0.2, -0.15) is 0 Å². The van der Waals surface area contributed by atoms with Crippen molar-refractivity contribution in [3.8, 4) is 5.75 Å². The first-order chi connectivity index (χ1) is 13.1. The van der Waals surface area contributed by atoms with Crippen molar-refractivity contribution in [1.29, 1.82) is 0 Å². The Kier molecular flexibility index (Phi) is 4.67. The Morgan fingerprint density at radius 3 is 2.07 bits per heavy atom. The maximum atomic E-state index is 11.6. The third-order valence-corrected chi connectivity index (χ3v) is 11.1. The molecule has 5 fully saturated rings. The van der Waals surface area contributed by atoms with Gasteiger partial charge in [0, 0.05) is 11.5 Å². The third-order valence-electron chi connectivity index (χ3n) is 7.30. The number of esters is 1. The highest BCUT2D eigenvalue weighted by molar-refractivity contribution is 8.21. The van der Waals surface area contributed by atoms with E-state index in [-0.39, 0.29) is 10.0 Å². The van der Waals surface area contributed by atoms with Crippen molar-refractivity contribution in [2.45, 2.75) is 42.6 Å². The van der Waals surface area contributed by atoms with Crippen LogP contribution in [0.25, 0.3) is 0 Å². The summed E-state index contributed by atoms with van der Waals surface area (Å²) < 4.78 is 11.4. The fourth-order valence-electron chi connectivity index (χ4n) is 6.56. The van der Waals surface area contributed by atoms with Gasteiger partial charge in [0.15, 0.2) is 0 Å². The van der Waals surface area contributed by atoms with Gasteiger partial charge in [0.25, 0.3) is 0 Å². The largest absolute Gasteiger partial charge is 0.491 e. The molecule has 1 aromatic carbocycles. The van der Waals surface area contributed by atoms with Crippen molar-refractivity contribution in [2.75, 3.05) is 25.2 Å². The smallest absolute Gasteiger partial charge is 0.337 e. The van der Waals surface area contributed by atoms with E-state index in [1.165, 1.54) is 57.1 Å². The Hall–Kier alpha value is -0.810. The van der Waals surface area contributed by atoms with Crippen LogP contribution < -0.4 is 4.74 Å². The van der Waals surface area contributed by atoms with Crippen LogP contribution in [0.5, 0.6) is 5.75 Å². The predicted molar refractivity (Wildman–Crippen MR) is 112 cm³/mol. The summed E-state index contributed by atoms with van der Waals surface area (Å²) in [7, 11) is 1.41. The standard InChI is InChI=1S/C22H28O3S2/c1-24-20(23)18-2-4-19(5-3-18)25-14-22(26-6-7-27-22)21-11-15-8-16(12-21)10-17(9-15)13-21/h2-5,15-17H,6-14H2,1H3. The molecule has 1 aromatic rings. The average Bonchev–Trinajstić information content (AvgIpc) is 3.16. The van der Waals surface area contributed by atoms with Gasteiger partial charge >= 0.3 is 5.97 Å². The van der Waals surface area contributed by atoms with Crippen molar-refractivity contribution in [3.05, 3.63) is 29.8 Å². The molecule has 0 radical (unpaired) electrons. The van der Waals surface area contributed by atoms with Crippen LogP contribution >= 0.6 is 23.5 Å². The van der Waals surface area contributed by atoms with Crippen molar-refractivity contribution < 1.29 is 14.3 Å². The number of carbonyl (C=O) groups excluding carboxylic acids is 1. The van der Waals surface area contributed by atoms with E-state index >= 15 is 0 Å². The number of thioether (sulfide) groups is 2. The van der Waals surface area contributed by atoms with E-state index in [4.69, 9.17) is 9.47 Å². The number of carbonyl (C=O) groups is 1. The topological polar surface area (TPSA) is 35.5 Å².